The lowest BCUT2D eigenvalue weighted by Crippen LogP contribution is -2.51. The predicted octanol–water partition coefficient (Wildman–Crippen LogP) is 1.69. The van der Waals surface area contributed by atoms with Crippen molar-refractivity contribution in [1.82, 2.24) is 15.2 Å². The molecule has 0 aliphatic carbocycles. The number of likely N-dealkylation sites (N-methyl/N-ethyl adjacent to an activating group) is 1. The number of hydrogen-bond donors (Lipinski definition) is 1. The second-order valence-electron chi connectivity index (χ2n) is 7.96. The van der Waals surface area contributed by atoms with Gasteiger partial charge in [0, 0.05) is 43.4 Å². The van der Waals surface area contributed by atoms with Crippen molar-refractivity contribution in [2.75, 3.05) is 33.4 Å². The molecule has 1 heterocycles. The first-order valence-corrected chi connectivity index (χ1v) is 10.9. The third-order valence-electron chi connectivity index (χ3n) is 5.49. The second-order valence-corrected chi connectivity index (χ2v) is 7.96. The van der Waals surface area contributed by atoms with Crippen LogP contribution in [-0.4, -0.2) is 73.5 Å². The monoisotopic (exact) mass is 480 g/mol. The average Bonchev–Trinajstić information content (AvgIpc) is 2.85. The van der Waals surface area contributed by atoms with Crippen LogP contribution in [0.3, 0.4) is 0 Å². The number of alkyl halides is 1. The Morgan fingerprint density at radius 2 is 1.77 bits per heavy atom. The van der Waals surface area contributed by atoms with Crippen LogP contribution in [0.4, 0.5) is 4.39 Å². The van der Waals surface area contributed by atoms with Gasteiger partial charge in [-0.1, -0.05) is 24.0 Å². The lowest BCUT2D eigenvalue weighted by atomic mass is 10.1. The number of carbonyl (C=O) groups is 3. The molecule has 2 amide bonds. The van der Waals surface area contributed by atoms with Crippen LogP contribution < -0.4 is 5.43 Å². The summed E-state index contributed by atoms with van der Waals surface area (Å²) in [5.41, 5.74) is 4.55. The van der Waals surface area contributed by atoms with E-state index in [2.05, 4.69) is 22.0 Å². The fourth-order valence-corrected chi connectivity index (χ4v) is 3.53. The van der Waals surface area contributed by atoms with Crippen LogP contribution in [0.15, 0.2) is 53.8 Å². The number of nitrogens with one attached hydrogen (secondary N) is 1. The zero-order valence-corrected chi connectivity index (χ0v) is 19.1. The van der Waals surface area contributed by atoms with E-state index in [1.54, 1.807) is 29.7 Å². The minimum absolute atomic E-state index is 0.115. The number of amides is 2. The highest BCUT2D eigenvalue weighted by Crippen LogP contribution is 2.16. The van der Waals surface area contributed by atoms with E-state index in [1.807, 2.05) is 24.3 Å². The molecule has 3 rings (SSSR count). The van der Waals surface area contributed by atoms with Gasteiger partial charge in [-0.3, -0.25) is 14.5 Å². The van der Waals surface area contributed by atoms with Crippen molar-refractivity contribution in [2.45, 2.75) is 18.7 Å². The minimum atomic E-state index is -1.47. The molecule has 1 aliphatic heterocycles. The lowest BCUT2D eigenvalue weighted by Gasteiger charge is -2.38. The largest absolute Gasteiger partial charge is 0.373 e. The van der Waals surface area contributed by atoms with Crippen molar-refractivity contribution in [1.29, 1.82) is 0 Å². The molecule has 0 spiro atoms. The predicted molar refractivity (Wildman–Crippen MR) is 126 cm³/mol. The molecule has 1 saturated heterocycles. The summed E-state index contributed by atoms with van der Waals surface area (Å²) in [5.74, 6) is 4.55. The first kappa shape index (κ1) is 25.7. The SMILES string of the molecule is CN(C(=O)c1ccc(C#Cc2ccc(CN3CC(OCCF)C3)cc2)cc1)[C@@H](C=O)C(=O)NN=O. The number of ether oxygens (including phenoxy) is 1. The Labute approximate surface area is 202 Å². The second kappa shape index (κ2) is 12.5. The summed E-state index contributed by atoms with van der Waals surface area (Å²) < 4.78 is 17.5. The van der Waals surface area contributed by atoms with Gasteiger partial charge in [0.1, 0.15) is 6.67 Å². The normalized spacial score (nSPS) is 14.1. The van der Waals surface area contributed by atoms with E-state index >= 15 is 0 Å². The summed E-state index contributed by atoms with van der Waals surface area (Å²) in [6, 6.07) is 12.8. The van der Waals surface area contributed by atoms with Crippen LogP contribution in [0, 0.1) is 16.7 Å². The van der Waals surface area contributed by atoms with Crippen molar-refractivity contribution < 1.29 is 23.5 Å². The number of likely N-dealkylation sites (tertiary alicyclic amines) is 1. The molecule has 35 heavy (non-hydrogen) atoms. The maximum Gasteiger partial charge on any atom is 0.272 e. The van der Waals surface area contributed by atoms with Crippen molar-refractivity contribution in [2.24, 2.45) is 5.29 Å². The molecule has 1 fully saturated rings. The molecule has 0 unspecified atom stereocenters. The molecule has 0 bridgehead atoms. The van der Waals surface area contributed by atoms with E-state index in [9.17, 15) is 23.7 Å². The average molecular weight is 480 g/mol. The number of aldehydes is 1. The number of halogens is 1. The van der Waals surface area contributed by atoms with Crippen molar-refractivity contribution >= 4 is 18.1 Å². The third-order valence-corrected chi connectivity index (χ3v) is 5.49. The van der Waals surface area contributed by atoms with Gasteiger partial charge in [0.05, 0.1) is 18.0 Å². The highest BCUT2D eigenvalue weighted by molar-refractivity contribution is 6.03. The van der Waals surface area contributed by atoms with Crippen LogP contribution in [0.25, 0.3) is 0 Å². The van der Waals surface area contributed by atoms with Gasteiger partial charge in [-0.15, -0.1) is 4.91 Å². The molecule has 10 heteroatoms. The van der Waals surface area contributed by atoms with Crippen molar-refractivity contribution in [3.05, 3.63) is 75.7 Å². The van der Waals surface area contributed by atoms with E-state index in [-0.39, 0.29) is 24.6 Å². The molecule has 2 aromatic rings. The standard InChI is InChI=1S/C25H25FN4O5/c1-29(23(17-31)24(32)27-28-34)25(33)21-10-8-19(9-11-21)3-2-18-4-6-20(7-5-18)14-30-15-22(16-30)35-13-12-26/h4-11,17,22-23H,12-16H2,1H3,(H,27,32,34)/t23-/m0/s1. The van der Waals surface area contributed by atoms with E-state index < -0.39 is 24.5 Å². The number of hydrogen-bond acceptors (Lipinski definition) is 7. The Hall–Kier alpha value is -3.94. The molecule has 9 nitrogen and oxygen atoms in total. The van der Waals surface area contributed by atoms with E-state index in [0.29, 0.717) is 5.56 Å². The fraction of sp³-hybridized carbons (Fsp3) is 0.320. The van der Waals surface area contributed by atoms with Gasteiger partial charge in [-0.2, -0.15) is 0 Å². The summed E-state index contributed by atoms with van der Waals surface area (Å²) >= 11 is 0. The zero-order valence-electron chi connectivity index (χ0n) is 19.1. The summed E-state index contributed by atoms with van der Waals surface area (Å²) in [7, 11) is 1.28. The first-order valence-electron chi connectivity index (χ1n) is 10.9. The number of nitroso groups, excluding NO2 is 1. The maximum atomic E-state index is 12.6. The highest BCUT2D eigenvalue weighted by Gasteiger charge is 2.28. The number of rotatable bonds is 10. The molecule has 0 radical (unpaired) electrons. The van der Waals surface area contributed by atoms with Gasteiger partial charge < -0.3 is 14.4 Å². The zero-order chi connectivity index (χ0) is 25.2. The molecule has 182 valence electrons. The van der Waals surface area contributed by atoms with Gasteiger partial charge in [0.15, 0.2) is 12.3 Å². The van der Waals surface area contributed by atoms with E-state index in [0.717, 1.165) is 35.7 Å². The molecule has 0 saturated carbocycles. The van der Waals surface area contributed by atoms with Crippen LogP contribution in [0.2, 0.25) is 0 Å². The van der Waals surface area contributed by atoms with Gasteiger partial charge in [0.25, 0.3) is 11.8 Å². The van der Waals surface area contributed by atoms with Crippen molar-refractivity contribution in [3.63, 3.8) is 0 Å². The summed E-state index contributed by atoms with van der Waals surface area (Å²) in [5, 5.41) is 2.23. The Kier molecular flexibility index (Phi) is 9.17. The summed E-state index contributed by atoms with van der Waals surface area (Å²) in [6.45, 7) is 2.10. The van der Waals surface area contributed by atoms with Crippen LogP contribution in [-0.2, 0) is 20.9 Å². The van der Waals surface area contributed by atoms with Gasteiger partial charge in [0.2, 0.25) is 0 Å². The highest BCUT2D eigenvalue weighted by atomic mass is 19.1. The van der Waals surface area contributed by atoms with E-state index in [1.165, 1.54) is 7.05 Å². The Bertz CT molecular complexity index is 1110. The van der Waals surface area contributed by atoms with E-state index in [4.69, 9.17) is 4.74 Å². The summed E-state index contributed by atoms with van der Waals surface area (Å²) in [6.07, 6.45) is 0.372. The van der Waals surface area contributed by atoms with Crippen LogP contribution in [0.1, 0.15) is 27.0 Å². The molecule has 1 atom stereocenters. The molecule has 1 N–H and O–H groups in total. The first-order chi connectivity index (χ1) is 16.9. The number of nitrogens with zero attached hydrogens (tertiary/aromatic N) is 3. The molecular formula is C25H25FN4O5. The van der Waals surface area contributed by atoms with Gasteiger partial charge in [-0.25, -0.2) is 9.82 Å². The van der Waals surface area contributed by atoms with Gasteiger partial charge >= 0.3 is 0 Å². The maximum absolute atomic E-state index is 12.6. The summed E-state index contributed by atoms with van der Waals surface area (Å²) in [4.78, 5) is 48.8. The molecule has 2 aromatic carbocycles. The lowest BCUT2D eigenvalue weighted by molar-refractivity contribution is -0.129. The Morgan fingerprint density at radius 3 is 2.31 bits per heavy atom. The Balaban J connectivity index is 1.55. The smallest absolute Gasteiger partial charge is 0.272 e. The topological polar surface area (TPSA) is 108 Å². The minimum Gasteiger partial charge on any atom is -0.373 e. The Morgan fingerprint density at radius 1 is 1.17 bits per heavy atom. The molecular weight excluding hydrogens is 455 g/mol. The number of carbonyl (C=O) groups excluding carboxylic acids is 3. The number of benzene rings is 2. The van der Waals surface area contributed by atoms with Crippen LogP contribution in [0.5, 0.6) is 0 Å². The van der Waals surface area contributed by atoms with Crippen molar-refractivity contribution in [3.8, 4) is 11.8 Å². The van der Waals surface area contributed by atoms with Crippen LogP contribution >= 0.6 is 0 Å². The fourth-order valence-electron chi connectivity index (χ4n) is 3.53. The molecule has 0 aromatic heterocycles. The molecule has 1 aliphatic rings. The van der Waals surface area contributed by atoms with Gasteiger partial charge in [-0.05, 0) is 42.0 Å². The third kappa shape index (κ3) is 7.02. The quantitative estimate of drug-likeness (QED) is 0.182.